The van der Waals surface area contributed by atoms with E-state index in [2.05, 4.69) is 38.8 Å². The smallest absolute Gasteiger partial charge is 0.223 e. The SMILES string of the molecule is O=C1CC(c2ccccc2)CN1Cc1nc(Cc2cccs2)n[nH]1. The minimum absolute atomic E-state index is 0.181. The highest BCUT2D eigenvalue weighted by Gasteiger charge is 2.31. The summed E-state index contributed by atoms with van der Waals surface area (Å²) in [7, 11) is 0. The molecule has 1 saturated heterocycles. The average Bonchev–Trinajstić information content (AvgIpc) is 3.33. The third kappa shape index (κ3) is 3.23. The van der Waals surface area contributed by atoms with Crippen LogP contribution in [-0.2, 0) is 17.8 Å². The zero-order valence-corrected chi connectivity index (χ0v) is 14.0. The number of carbonyl (C=O) groups is 1. The third-order valence-electron chi connectivity index (χ3n) is 4.32. The first-order valence-corrected chi connectivity index (χ1v) is 8.91. The van der Waals surface area contributed by atoms with Crippen LogP contribution < -0.4 is 0 Å². The molecule has 1 aliphatic heterocycles. The molecule has 6 heteroatoms. The van der Waals surface area contributed by atoms with Crippen molar-refractivity contribution < 1.29 is 4.79 Å². The second-order valence-electron chi connectivity index (χ2n) is 6.04. The van der Waals surface area contributed by atoms with Crippen molar-refractivity contribution in [1.29, 1.82) is 0 Å². The van der Waals surface area contributed by atoms with Crippen LogP contribution in [0.4, 0.5) is 0 Å². The van der Waals surface area contributed by atoms with E-state index in [0.717, 1.165) is 24.6 Å². The number of nitrogens with one attached hydrogen (secondary N) is 1. The van der Waals surface area contributed by atoms with Crippen LogP contribution in [0.1, 0.15) is 34.4 Å². The van der Waals surface area contributed by atoms with E-state index in [9.17, 15) is 4.79 Å². The number of aromatic amines is 1. The van der Waals surface area contributed by atoms with Gasteiger partial charge in [0.05, 0.1) is 6.54 Å². The van der Waals surface area contributed by atoms with Gasteiger partial charge in [-0.3, -0.25) is 9.89 Å². The molecule has 1 fully saturated rings. The summed E-state index contributed by atoms with van der Waals surface area (Å²) in [5, 5.41) is 9.29. The fourth-order valence-corrected chi connectivity index (χ4v) is 3.81. The van der Waals surface area contributed by atoms with Crippen LogP contribution in [0.2, 0.25) is 0 Å². The molecule has 1 aromatic carbocycles. The third-order valence-corrected chi connectivity index (χ3v) is 5.19. The largest absolute Gasteiger partial charge is 0.335 e. The normalized spacial score (nSPS) is 17.6. The first-order chi connectivity index (χ1) is 11.8. The van der Waals surface area contributed by atoms with Gasteiger partial charge in [0, 0.05) is 30.2 Å². The Labute approximate surface area is 144 Å². The van der Waals surface area contributed by atoms with Crippen molar-refractivity contribution >= 4 is 17.2 Å². The molecule has 2 aromatic heterocycles. The van der Waals surface area contributed by atoms with E-state index in [0.29, 0.717) is 13.0 Å². The molecular weight excluding hydrogens is 320 g/mol. The molecule has 5 nitrogen and oxygen atoms in total. The molecule has 4 rings (SSSR count). The predicted octanol–water partition coefficient (Wildman–Crippen LogP) is 2.97. The van der Waals surface area contributed by atoms with E-state index in [1.54, 1.807) is 11.3 Å². The summed E-state index contributed by atoms with van der Waals surface area (Å²) in [5.74, 6) is 1.98. The van der Waals surface area contributed by atoms with E-state index >= 15 is 0 Å². The molecule has 0 radical (unpaired) electrons. The minimum Gasteiger partial charge on any atom is -0.335 e. The second kappa shape index (κ2) is 6.57. The van der Waals surface area contributed by atoms with E-state index in [1.807, 2.05) is 29.2 Å². The molecule has 1 aliphatic rings. The number of carbonyl (C=O) groups excluding carboxylic acids is 1. The summed E-state index contributed by atoms with van der Waals surface area (Å²) in [6.45, 7) is 1.24. The van der Waals surface area contributed by atoms with Gasteiger partial charge in [0.2, 0.25) is 5.91 Å². The zero-order valence-electron chi connectivity index (χ0n) is 13.2. The lowest BCUT2D eigenvalue weighted by Crippen LogP contribution is -2.25. The van der Waals surface area contributed by atoms with Crippen molar-refractivity contribution in [2.75, 3.05) is 6.54 Å². The quantitative estimate of drug-likeness (QED) is 0.778. The number of hydrogen-bond acceptors (Lipinski definition) is 4. The number of aromatic nitrogens is 3. The van der Waals surface area contributed by atoms with E-state index in [-0.39, 0.29) is 11.8 Å². The first-order valence-electron chi connectivity index (χ1n) is 8.03. The fraction of sp³-hybridized carbons (Fsp3) is 0.278. The topological polar surface area (TPSA) is 61.9 Å². The Hall–Kier alpha value is -2.47. The Kier molecular flexibility index (Phi) is 4.13. The number of hydrogen-bond donors (Lipinski definition) is 1. The number of likely N-dealkylation sites (tertiary alicyclic amines) is 1. The molecule has 0 aliphatic carbocycles. The Bertz CT molecular complexity index is 813. The van der Waals surface area contributed by atoms with Crippen molar-refractivity contribution in [3.05, 3.63) is 69.9 Å². The number of thiophene rings is 1. The van der Waals surface area contributed by atoms with Crippen molar-refractivity contribution in [3.63, 3.8) is 0 Å². The number of H-pyrrole nitrogens is 1. The van der Waals surface area contributed by atoms with Crippen LogP contribution in [-0.4, -0.2) is 32.5 Å². The predicted molar refractivity (Wildman–Crippen MR) is 92.7 cm³/mol. The number of rotatable bonds is 5. The number of nitrogens with zero attached hydrogens (tertiary/aromatic N) is 3. The summed E-state index contributed by atoms with van der Waals surface area (Å²) >= 11 is 1.70. The maximum absolute atomic E-state index is 12.3. The van der Waals surface area contributed by atoms with Gasteiger partial charge in [-0.15, -0.1) is 11.3 Å². The number of benzene rings is 1. The van der Waals surface area contributed by atoms with Gasteiger partial charge in [-0.05, 0) is 17.0 Å². The lowest BCUT2D eigenvalue weighted by atomic mass is 9.99. The van der Waals surface area contributed by atoms with Crippen LogP contribution in [0.25, 0.3) is 0 Å². The average molecular weight is 338 g/mol. The highest BCUT2D eigenvalue weighted by atomic mass is 32.1. The Morgan fingerprint density at radius 1 is 1.21 bits per heavy atom. The second-order valence-corrected chi connectivity index (χ2v) is 7.07. The molecule has 0 saturated carbocycles. The summed E-state index contributed by atoms with van der Waals surface area (Å²) < 4.78 is 0. The lowest BCUT2D eigenvalue weighted by molar-refractivity contribution is -0.128. The van der Waals surface area contributed by atoms with Gasteiger partial charge in [-0.1, -0.05) is 36.4 Å². The Morgan fingerprint density at radius 3 is 2.88 bits per heavy atom. The first kappa shape index (κ1) is 15.1. The fourth-order valence-electron chi connectivity index (χ4n) is 3.11. The Morgan fingerprint density at radius 2 is 2.08 bits per heavy atom. The van der Waals surface area contributed by atoms with Gasteiger partial charge < -0.3 is 4.90 Å². The van der Waals surface area contributed by atoms with Crippen LogP contribution in [0, 0.1) is 0 Å². The lowest BCUT2D eigenvalue weighted by Gasteiger charge is -2.15. The van der Waals surface area contributed by atoms with Gasteiger partial charge in [-0.2, -0.15) is 5.10 Å². The highest BCUT2D eigenvalue weighted by molar-refractivity contribution is 7.09. The maximum Gasteiger partial charge on any atom is 0.223 e. The minimum atomic E-state index is 0.181. The summed E-state index contributed by atoms with van der Waals surface area (Å²) in [5.41, 5.74) is 1.23. The van der Waals surface area contributed by atoms with Crippen molar-refractivity contribution in [1.82, 2.24) is 20.1 Å². The van der Waals surface area contributed by atoms with Crippen LogP contribution in [0.15, 0.2) is 47.8 Å². The van der Waals surface area contributed by atoms with Gasteiger partial charge >= 0.3 is 0 Å². The molecule has 122 valence electrons. The molecule has 1 N–H and O–H groups in total. The van der Waals surface area contributed by atoms with Crippen molar-refractivity contribution in [2.24, 2.45) is 0 Å². The van der Waals surface area contributed by atoms with Gasteiger partial charge in [0.15, 0.2) is 5.82 Å². The highest BCUT2D eigenvalue weighted by Crippen LogP contribution is 2.28. The molecule has 0 bridgehead atoms. The van der Waals surface area contributed by atoms with E-state index in [4.69, 9.17) is 0 Å². The Balaban J connectivity index is 1.40. The van der Waals surface area contributed by atoms with Crippen molar-refractivity contribution in [3.8, 4) is 0 Å². The van der Waals surface area contributed by atoms with E-state index in [1.165, 1.54) is 10.4 Å². The zero-order chi connectivity index (χ0) is 16.4. The number of amides is 1. The summed E-state index contributed by atoms with van der Waals surface area (Å²) in [4.78, 5) is 19.9. The molecule has 0 spiro atoms. The molecule has 1 unspecified atom stereocenters. The summed E-state index contributed by atoms with van der Waals surface area (Å²) in [6.07, 6.45) is 1.30. The van der Waals surface area contributed by atoms with Crippen LogP contribution >= 0.6 is 11.3 Å². The standard InChI is InChI=1S/C18H18N4OS/c23-18-9-14(13-5-2-1-3-6-13)11-22(18)12-17-19-16(20-21-17)10-15-7-4-8-24-15/h1-8,14H,9-12H2,(H,19,20,21). The molecule has 1 amide bonds. The molecule has 1 atom stereocenters. The van der Waals surface area contributed by atoms with Crippen LogP contribution in [0.3, 0.4) is 0 Å². The van der Waals surface area contributed by atoms with E-state index < -0.39 is 0 Å². The molecule has 24 heavy (non-hydrogen) atoms. The summed E-state index contributed by atoms with van der Waals surface area (Å²) in [6, 6.07) is 14.3. The van der Waals surface area contributed by atoms with Crippen molar-refractivity contribution in [2.45, 2.75) is 25.3 Å². The maximum atomic E-state index is 12.3. The molecular formula is C18H18N4OS. The van der Waals surface area contributed by atoms with Gasteiger partial charge in [0.25, 0.3) is 0 Å². The van der Waals surface area contributed by atoms with Gasteiger partial charge in [0.1, 0.15) is 5.82 Å². The monoisotopic (exact) mass is 338 g/mol. The molecule has 3 aromatic rings. The van der Waals surface area contributed by atoms with Crippen LogP contribution in [0.5, 0.6) is 0 Å². The molecule has 3 heterocycles. The van der Waals surface area contributed by atoms with Gasteiger partial charge in [-0.25, -0.2) is 4.98 Å².